The van der Waals surface area contributed by atoms with Crippen LogP contribution in [0.2, 0.25) is 0 Å². The molecule has 0 aliphatic carbocycles. The third kappa shape index (κ3) is 2.99. The Kier molecular flexibility index (Phi) is 4.38. The SMILES string of the molecule is Cc1ccc(O)c(C)c1-c1cc(-c2ccc(F)cc2)cc(C(N)=O)c1N. The van der Waals surface area contributed by atoms with Gasteiger partial charge in [-0.15, -0.1) is 0 Å². The van der Waals surface area contributed by atoms with Crippen LogP contribution in [0.3, 0.4) is 0 Å². The molecule has 0 aliphatic heterocycles. The van der Waals surface area contributed by atoms with E-state index in [4.69, 9.17) is 11.5 Å². The maximum atomic E-state index is 13.2. The Morgan fingerprint density at radius 1 is 1.00 bits per heavy atom. The second kappa shape index (κ2) is 6.52. The Hall–Kier alpha value is -3.34. The van der Waals surface area contributed by atoms with Crippen LogP contribution in [-0.2, 0) is 0 Å². The molecule has 0 bridgehead atoms. The van der Waals surface area contributed by atoms with Gasteiger partial charge in [0.1, 0.15) is 11.6 Å². The highest BCUT2D eigenvalue weighted by molar-refractivity contribution is 6.04. The summed E-state index contributed by atoms with van der Waals surface area (Å²) in [5, 5.41) is 10.1. The average molecular weight is 350 g/mol. The van der Waals surface area contributed by atoms with Gasteiger partial charge in [-0.25, -0.2) is 4.39 Å². The summed E-state index contributed by atoms with van der Waals surface area (Å²) in [5.74, 6) is -0.861. The molecule has 0 fully saturated rings. The number of hydrogen-bond donors (Lipinski definition) is 3. The molecule has 3 aromatic carbocycles. The first-order valence-electron chi connectivity index (χ1n) is 8.08. The van der Waals surface area contributed by atoms with Gasteiger partial charge in [0.2, 0.25) is 0 Å². The van der Waals surface area contributed by atoms with Crippen molar-refractivity contribution in [2.75, 3.05) is 5.73 Å². The fourth-order valence-electron chi connectivity index (χ4n) is 3.12. The topological polar surface area (TPSA) is 89.3 Å². The van der Waals surface area contributed by atoms with Crippen molar-refractivity contribution >= 4 is 11.6 Å². The summed E-state index contributed by atoms with van der Waals surface area (Å²) < 4.78 is 13.2. The van der Waals surface area contributed by atoms with E-state index in [-0.39, 0.29) is 22.8 Å². The molecule has 0 aromatic heterocycles. The summed E-state index contributed by atoms with van der Waals surface area (Å²) in [6.07, 6.45) is 0. The number of benzene rings is 3. The van der Waals surface area contributed by atoms with Crippen LogP contribution in [0.15, 0.2) is 48.5 Å². The minimum atomic E-state index is -0.650. The molecule has 0 radical (unpaired) electrons. The predicted octanol–water partition coefficient (Wildman–Crippen LogP) is 4.16. The van der Waals surface area contributed by atoms with Crippen LogP contribution >= 0.6 is 0 Å². The molecule has 5 N–H and O–H groups in total. The fourth-order valence-corrected chi connectivity index (χ4v) is 3.12. The molecular formula is C21H19FN2O2. The van der Waals surface area contributed by atoms with Gasteiger partial charge in [-0.05, 0) is 72.0 Å². The summed E-state index contributed by atoms with van der Waals surface area (Å²) in [6.45, 7) is 3.68. The molecule has 0 heterocycles. The van der Waals surface area contributed by atoms with Crippen molar-refractivity contribution in [3.05, 3.63) is 71.0 Å². The molecule has 0 aliphatic rings. The highest BCUT2D eigenvalue weighted by atomic mass is 19.1. The monoisotopic (exact) mass is 350 g/mol. The van der Waals surface area contributed by atoms with Crippen molar-refractivity contribution < 1.29 is 14.3 Å². The van der Waals surface area contributed by atoms with Crippen molar-refractivity contribution in [1.82, 2.24) is 0 Å². The maximum Gasteiger partial charge on any atom is 0.250 e. The summed E-state index contributed by atoms with van der Waals surface area (Å²) in [5.41, 5.74) is 16.5. The number of halogens is 1. The van der Waals surface area contributed by atoms with Crippen LogP contribution in [-0.4, -0.2) is 11.0 Å². The number of amides is 1. The number of primary amides is 1. The molecule has 3 aromatic rings. The molecule has 26 heavy (non-hydrogen) atoms. The van der Waals surface area contributed by atoms with E-state index in [0.29, 0.717) is 16.7 Å². The molecule has 0 spiro atoms. The fraction of sp³-hybridized carbons (Fsp3) is 0.0952. The van der Waals surface area contributed by atoms with Gasteiger partial charge in [0.05, 0.1) is 11.3 Å². The number of aromatic hydroxyl groups is 1. The predicted molar refractivity (Wildman–Crippen MR) is 101 cm³/mol. The van der Waals surface area contributed by atoms with E-state index in [9.17, 15) is 14.3 Å². The Balaban J connectivity index is 2.34. The number of nitrogens with two attached hydrogens (primary N) is 2. The first-order chi connectivity index (χ1) is 12.3. The first-order valence-corrected chi connectivity index (χ1v) is 8.08. The molecule has 1 amide bonds. The zero-order valence-corrected chi connectivity index (χ0v) is 14.5. The van der Waals surface area contributed by atoms with Gasteiger partial charge in [-0.2, -0.15) is 0 Å². The van der Waals surface area contributed by atoms with E-state index in [2.05, 4.69) is 0 Å². The molecule has 0 saturated heterocycles. The third-order valence-electron chi connectivity index (χ3n) is 4.54. The number of carbonyl (C=O) groups is 1. The summed E-state index contributed by atoms with van der Waals surface area (Å²) in [4.78, 5) is 11.9. The van der Waals surface area contributed by atoms with Crippen molar-refractivity contribution in [3.63, 3.8) is 0 Å². The van der Waals surface area contributed by atoms with E-state index in [0.717, 1.165) is 16.7 Å². The number of phenolic OH excluding ortho intramolecular Hbond substituents is 1. The Bertz CT molecular complexity index is 1010. The highest BCUT2D eigenvalue weighted by Crippen LogP contribution is 2.39. The molecule has 3 rings (SSSR count). The van der Waals surface area contributed by atoms with Gasteiger partial charge >= 0.3 is 0 Å². The van der Waals surface area contributed by atoms with Crippen LogP contribution in [0.4, 0.5) is 10.1 Å². The van der Waals surface area contributed by atoms with Crippen molar-refractivity contribution in [2.45, 2.75) is 13.8 Å². The smallest absolute Gasteiger partial charge is 0.250 e. The maximum absolute atomic E-state index is 13.2. The minimum absolute atomic E-state index is 0.137. The zero-order valence-electron chi connectivity index (χ0n) is 14.5. The lowest BCUT2D eigenvalue weighted by atomic mass is 9.89. The zero-order chi connectivity index (χ0) is 19.0. The number of phenols is 1. The number of nitrogen functional groups attached to an aromatic ring is 1. The van der Waals surface area contributed by atoms with Crippen LogP contribution in [0.5, 0.6) is 5.75 Å². The van der Waals surface area contributed by atoms with Gasteiger partial charge in [-0.3, -0.25) is 4.79 Å². The normalized spacial score (nSPS) is 10.7. The van der Waals surface area contributed by atoms with Gasteiger partial charge < -0.3 is 16.6 Å². The quantitative estimate of drug-likeness (QED) is 0.620. The van der Waals surface area contributed by atoms with Crippen molar-refractivity contribution in [2.24, 2.45) is 5.73 Å². The molecular weight excluding hydrogens is 331 g/mol. The molecule has 132 valence electrons. The Morgan fingerprint density at radius 2 is 1.65 bits per heavy atom. The second-order valence-electron chi connectivity index (χ2n) is 6.26. The Labute approximate surface area is 150 Å². The first kappa shape index (κ1) is 17.5. The number of aryl methyl sites for hydroxylation is 1. The van der Waals surface area contributed by atoms with Crippen LogP contribution in [0, 0.1) is 19.7 Å². The lowest BCUT2D eigenvalue weighted by molar-refractivity contribution is 0.100. The molecule has 0 saturated carbocycles. The number of anilines is 1. The van der Waals surface area contributed by atoms with Gasteiger partial charge in [0.25, 0.3) is 5.91 Å². The number of rotatable bonds is 3. The third-order valence-corrected chi connectivity index (χ3v) is 4.54. The van der Waals surface area contributed by atoms with Crippen LogP contribution in [0.1, 0.15) is 21.5 Å². The van der Waals surface area contributed by atoms with Crippen LogP contribution in [0.25, 0.3) is 22.3 Å². The Morgan fingerprint density at radius 3 is 2.27 bits per heavy atom. The number of hydrogen-bond acceptors (Lipinski definition) is 3. The van der Waals surface area contributed by atoms with E-state index in [1.807, 2.05) is 13.0 Å². The molecule has 0 unspecified atom stereocenters. The van der Waals surface area contributed by atoms with Crippen LogP contribution < -0.4 is 11.5 Å². The van der Waals surface area contributed by atoms with Crippen molar-refractivity contribution in [3.8, 4) is 28.0 Å². The van der Waals surface area contributed by atoms with Crippen molar-refractivity contribution in [1.29, 1.82) is 0 Å². The lowest BCUT2D eigenvalue weighted by Crippen LogP contribution is -2.14. The average Bonchev–Trinajstić information content (AvgIpc) is 2.60. The van der Waals surface area contributed by atoms with Gasteiger partial charge in [-0.1, -0.05) is 18.2 Å². The van der Waals surface area contributed by atoms with E-state index >= 15 is 0 Å². The number of carbonyl (C=O) groups excluding carboxylic acids is 1. The molecule has 4 nitrogen and oxygen atoms in total. The van der Waals surface area contributed by atoms with E-state index in [1.54, 1.807) is 37.3 Å². The molecule has 0 atom stereocenters. The minimum Gasteiger partial charge on any atom is -0.508 e. The van der Waals surface area contributed by atoms with Gasteiger partial charge in [0.15, 0.2) is 0 Å². The molecule has 5 heteroatoms. The van der Waals surface area contributed by atoms with Gasteiger partial charge in [0, 0.05) is 5.56 Å². The largest absolute Gasteiger partial charge is 0.508 e. The van der Waals surface area contributed by atoms with E-state index < -0.39 is 5.91 Å². The highest BCUT2D eigenvalue weighted by Gasteiger charge is 2.18. The summed E-state index contributed by atoms with van der Waals surface area (Å²) >= 11 is 0. The lowest BCUT2D eigenvalue weighted by Gasteiger charge is -2.17. The summed E-state index contributed by atoms with van der Waals surface area (Å²) in [7, 11) is 0. The van der Waals surface area contributed by atoms with E-state index in [1.165, 1.54) is 12.1 Å². The second-order valence-corrected chi connectivity index (χ2v) is 6.26. The summed E-state index contributed by atoms with van der Waals surface area (Å²) in [6, 6.07) is 12.8. The standard InChI is InChI=1S/C21H19FN2O2/c1-11-3-8-18(25)12(2)19(11)16-9-14(10-17(20(16)23)21(24)26)13-4-6-15(22)7-5-13/h3-10,25H,23H2,1-2H3,(H2,24,26).